The van der Waals surface area contributed by atoms with Crippen molar-refractivity contribution in [2.45, 2.75) is 39.3 Å². The molecule has 0 radical (unpaired) electrons. The predicted octanol–water partition coefficient (Wildman–Crippen LogP) is 3.49. The lowest BCUT2D eigenvalue weighted by Crippen LogP contribution is -2.33. The first kappa shape index (κ1) is 18.3. The number of fused-ring (bicyclic) bond motifs is 1. The van der Waals surface area contributed by atoms with Crippen molar-refractivity contribution in [2.24, 2.45) is 0 Å². The van der Waals surface area contributed by atoms with E-state index in [2.05, 4.69) is 10.1 Å². The first-order valence-corrected chi connectivity index (χ1v) is 9.53. The van der Waals surface area contributed by atoms with Crippen molar-refractivity contribution in [1.82, 2.24) is 19.7 Å². The van der Waals surface area contributed by atoms with Crippen LogP contribution < -0.4 is 5.56 Å². The molecule has 0 saturated heterocycles. The Bertz CT molecular complexity index is 946. The van der Waals surface area contributed by atoms with Crippen molar-refractivity contribution in [1.29, 1.82) is 0 Å². The highest BCUT2D eigenvalue weighted by Crippen LogP contribution is 2.29. The van der Waals surface area contributed by atoms with E-state index in [-0.39, 0.29) is 23.2 Å². The molecule has 26 heavy (non-hydrogen) atoms. The first-order valence-electron chi connectivity index (χ1n) is 8.72. The fraction of sp³-hybridized carbons (Fsp3) is 0.368. The van der Waals surface area contributed by atoms with Crippen molar-refractivity contribution < 1.29 is 4.79 Å². The third kappa shape index (κ3) is 3.67. The summed E-state index contributed by atoms with van der Waals surface area (Å²) in [7, 11) is 1.74. The Morgan fingerprint density at radius 3 is 2.77 bits per heavy atom. The molecule has 0 aliphatic rings. The van der Waals surface area contributed by atoms with Gasteiger partial charge in [0.1, 0.15) is 10.7 Å². The monoisotopic (exact) mass is 370 g/mol. The van der Waals surface area contributed by atoms with Gasteiger partial charge in [0.15, 0.2) is 0 Å². The maximum absolute atomic E-state index is 12.8. The third-order valence-corrected chi connectivity index (χ3v) is 5.58. The molecular formula is C19H22N4O2S. The molecule has 1 amide bonds. The quantitative estimate of drug-likeness (QED) is 0.666. The summed E-state index contributed by atoms with van der Waals surface area (Å²) in [5.41, 5.74) is 1.03. The number of amides is 1. The number of benzene rings is 1. The molecule has 0 bridgehead atoms. The fourth-order valence-corrected chi connectivity index (χ4v) is 3.68. The predicted molar refractivity (Wildman–Crippen MR) is 104 cm³/mol. The number of para-hydroxylation sites is 1. The van der Waals surface area contributed by atoms with Gasteiger partial charge in [0.05, 0.1) is 16.3 Å². The fourth-order valence-electron chi connectivity index (χ4n) is 2.62. The summed E-state index contributed by atoms with van der Waals surface area (Å²) in [4.78, 5) is 31.0. The van der Waals surface area contributed by atoms with Crippen LogP contribution in [0.4, 0.5) is 0 Å². The third-order valence-electron chi connectivity index (χ3n) is 4.38. The topological polar surface area (TPSA) is 68.1 Å². The van der Waals surface area contributed by atoms with E-state index in [4.69, 9.17) is 0 Å². The minimum atomic E-state index is -0.220. The van der Waals surface area contributed by atoms with E-state index in [1.165, 1.54) is 16.8 Å². The Morgan fingerprint density at radius 2 is 2.04 bits per heavy atom. The van der Waals surface area contributed by atoms with E-state index in [0.717, 1.165) is 28.1 Å². The van der Waals surface area contributed by atoms with E-state index in [9.17, 15) is 9.59 Å². The van der Waals surface area contributed by atoms with Gasteiger partial charge in [-0.05, 0) is 31.5 Å². The van der Waals surface area contributed by atoms with Gasteiger partial charge in [-0.15, -0.1) is 11.3 Å². The zero-order valence-electron chi connectivity index (χ0n) is 15.2. The number of thiazole rings is 1. The van der Waals surface area contributed by atoms with Crippen LogP contribution >= 0.6 is 11.3 Å². The summed E-state index contributed by atoms with van der Waals surface area (Å²) in [6.45, 7) is 4.52. The summed E-state index contributed by atoms with van der Waals surface area (Å²) in [6, 6.07) is 10.6. The summed E-state index contributed by atoms with van der Waals surface area (Å²) in [5, 5.41) is 5.12. The van der Waals surface area contributed by atoms with Gasteiger partial charge in [-0.2, -0.15) is 5.10 Å². The van der Waals surface area contributed by atoms with Crippen molar-refractivity contribution >= 4 is 27.5 Å². The number of carbonyl (C=O) groups is 1. The van der Waals surface area contributed by atoms with Gasteiger partial charge in [-0.25, -0.2) is 9.67 Å². The second-order valence-corrected chi connectivity index (χ2v) is 7.31. The highest BCUT2D eigenvalue weighted by molar-refractivity contribution is 7.18. The summed E-state index contributed by atoms with van der Waals surface area (Å²) >= 11 is 1.58. The molecule has 2 aromatic heterocycles. The zero-order valence-corrected chi connectivity index (χ0v) is 16.0. The normalized spacial score (nSPS) is 12.3. The maximum atomic E-state index is 12.8. The Kier molecular flexibility index (Phi) is 5.46. The highest BCUT2D eigenvalue weighted by Gasteiger charge is 2.23. The van der Waals surface area contributed by atoms with Crippen LogP contribution in [0.15, 0.2) is 41.2 Å². The molecule has 3 aromatic rings. The molecule has 0 fully saturated rings. The number of hydrogen-bond donors (Lipinski definition) is 0. The number of hydrogen-bond acceptors (Lipinski definition) is 5. The SMILES string of the molecule is CCCCn1nc(C(=O)N(C)C(C)c2nc3ccccc3s2)ccc1=O. The van der Waals surface area contributed by atoms with E-state index >= 15 is 0 Å². The smallest absolute Gasteiger partial charge is 0.274 e. The Labute approximate surface area is 156 Å². The van der Waals surface area contributed by atoms with Gasteiger partial charge in [-0.3, -0.25) is 9.59 Å². The molecule has 0 N–H and O–H groups in total. The number of aromatic nitrogens is 3. The molecule has 0 saturated carbocycles. The van der Waals surface area contributed by atoms with Crippen LogP contribution in [0.25, 0.3) is 10.2 Å². The van der Waals surface area contributed by atoms with E-state index in [0.29, 0.717) is 6.54 Å². The van der Waals surface area contributed by atoms with Gasteiger partial charge < -0.3 is 4.90 Å². The van der Waals surface area contributed by atoms with Crippen LogP contribution in [0.3, 0.4) is 0 Å². The van der Waals surface area contributed by atoms with Crippen molar-refractivity contribution in [3.05, 3.63) is 57.5 Å². The van der Waals surface area contributed by atoms with Crippen LogP contribution in [-0.2, 0) is 6.54 Å². The van der Waals surface area contributed by atoms with Crippen LogP contribution in [0.1, 0.15) is 48.2 Å². The molecule has 6 nitrogen and oxygen atoms in total. The number of rotatable bonds is 6. The standard InChI is InChI=1S/C19H22N4O2S/c1-4-5-12-23-17(24)11-10-15(21-23)19(25)22(3)13(2)18-20-14-8-6-7-9-16(14)26-18/h6-11,13H,4-5,12H2,1-3H3. The summed E-state index contributed by atoms with van der Waals surface area (Å²) in [5.74, 6) is -0.220. The van der Waals surface area contributed by atoms with Gasteiger partial charge in [0.25, 0.3) is 11.5 Å². The number of nitrogens with zero attached hydrogens (tertiary/aromatic N) is 4. The van der Waals surface area contributed by atoms with E-state index < -0.39 is 0 Å². The molecule has 0 aliphatic carbocycles. The maximum Gasteiger partial charge on any atom is 0.274 e. The molecule has 1 unspecified atom stereocenters. The second kappa shape index (κ2) is 7.78. The minimum Gasteiger partial charge on any atom is -0.331 e. The summed E-state index contributed by atoms with van der Waals surface area (Å²) < 4.78 is 2.47. The molecule has 1 aromatic carbocycles. The zero-order chi connectivity index (χ0) is 18.7. The number of aryl methyl sites for hydroxylation is 1. The first-order chi connectivity index (χ1) is 12.5. The average Bonchev–Trinajstić information content (AvgIpc) is 3.09. The molecule has 0 spiro atoms. The van der Waals surface area contributed by atoms with Crippen molar-refractivity contribution in [2.75, 3.05) is 7.05 Å². The van der Waals surface area contributed by atoms with Crippen molar-refractivity contribution in [3.63, 3.8) is 0 Å². The van der Waals surface area contributed by atoms with Crippen LogP contribution in [-0.4, -0.2) is 32.6 Å². The molecule has 0 aliphatic heterocycles. The Hall–Kier alpha value is -2.54. The van der Waals surface area contributed by atoms with Crippen LogP contribution in [0.2, 0.25) is 0 Å². The lowest BCUT2D eigenvalue weighted by molar-refractivity contribution is 0.0733. The van der Waals surface area contributed by atoms with Crippen LogP contribution in [0.5, 0.6) is 0 Å². The number of carbonyl (C=O) groups excluding carboxylic acids is 1. The molecule has 2 heterocycles. The molecule has 7 heteroatoms. The lowest BCUT2D eigenvalue weighted by Gasteiger charge is -2.23. The second-order valence-electron chi connectivity index (χ2n) is 6.25. The Morgan fingerprint density at radius 1 is 1.27 bits per heavy atom. The molecule has 1 atom stereocenters. The van der Waals surface area contributed by atoms with E-state index in [1.54, 1.807) is 23.3 Å². The average molecular weight is 370 g/mol. The number of unbranched alkanes of at least 4 members (excludes halogenated alkanes) is 1. The lowest BCUT2D eigenvalue weighted by atomic mass is 10.2. The van der Waals surface area contributed by atoms with E-state index in [1.807, 2.05) is 38.1 Å². The van der Waals surface area contributed by atoms with Crippen LogP contribution in [0, 0.1) is 0 Å². The Balaban J connectivity index is 1.83. The summed E-state index contributed by atoms with van der Waals surface area (Å²) in [6.07, 6.45) is 1.81. The minimum absolute atomic E-state index is 0.183. The van der Waals surface area contributed by atoms with Gasteiger partial charge in [-0.1, -0.05) is 25.5 Å². The van der Waals surface area contributed by atoms with Gasteiger partial charge >= 0.3 is 0 Å². The largest absolute Gasteiger partial charge is 0.331 e. The van der Waals surface area contributed by atoms with Crippen molar-refractivity contribution in [3.8, 4) is 0 Å². The molecule has 3 rings (SSSR count). The molecule has 136 valence electrons. The van der Waals surface area contributed by atoms with Gasteiger partial charge in [0, 0.05) is 19.7 Å². The highest BCUT2D eigenvalue weighted by atomic mass is 32.1. The van der Waals surface area contributed by atoms with Gasteiger partial charge in [0.2, 0.25) is 0 Å². The molecular weight excluding hydrogens is 348 g/mol.